The van der Waals surface area contributed by atoms with E-state index in [1.54, 1.807) is 0 Å². The maximum atomic E-state index is 3.83. The van der Waals surface area contributed by atoms with Crippen LogP contribution in [0.15, 0.2) is 35.3 Å². The van der Waals surface area contributed by atoms with E-state index in [4.69, 9.17) is 0 Å². The zero-order chi connectivity index (χ0) is 13.7. The fourth-order valence-electron chi connectivity index (χ4n) is 1.92. The van der Waals surface area contributed by atoms with Crippen molar-refractivity contribution in [3.63, 3.8) is 0 Å². The Morgan fingerprint density at radius 3 is 2.50 bits per heavy atom. The second-order valence-corrected chi connectivity index (χ2v) is 5.61. The molecule has 0 aliphatic heterocycles. The van der Waals surface area contributed by atoms with Crippen molar-refractivity contribution in [2.45, 2.75) is 32.9 Å². The summed E-state index contributed by atoms with van der Waals surface area (Å²) < 4.78 is 1.14. The Morgan fingerprint density at radius 1 is 1.39 bits per heavy atom. The number of halogens is 1. The zero-order valence-corrected chi connectivity index (χ0v) is 13.3. The van der Waals surface area contributed by atoms with Gasteiger partial charge >= 0.3 is 0 Å². The Balaban J connectivity index is 3.06. The molecule has 0 aliphatic rings. The molecule has 1 unspecified atom stereocenters. The number of anilines is 1. The van der Waals surface area contributed by atoms with Gasteiger partial charge in [-0.2, -0.15) is 0 Å². The van der Waals surface area contributed by atoms with Crippen LogP contribution in [0.4, 0.5) is 5.69 Å². The van der Waals surface area contributed by atoms with Crippen molar-refractivity contribution in [1.29, 1.82) is 0 Å². The first-order chi connectivity index (χ1) is 8.51. The lowest BCUT2D eigenvalue weighted by Crippen LogP contribution is -2.31. The molecular weight excluding hydrogens is 288 g/mol. The molecule has 0 bridgehead atoms. The van der Waals surface area contributed by atoms with Crippen molar-refractivity contribution in [3.05, 3.63) is 40.9 Å². The molecule has 1 atom stereocenters. The molecule has 0 saturated carbocycles. The molecule has 0 spiro atoms. The summed E-state index contributed by atoms with van der Waals surface area (Å²) in [5.41, 5.74) is 2.51. The van der Waals surface area contributed by atoms with Gasteiger partial charge < -0.3 is 10.2 Å². The summed E-state index contributed by atoms with van der Waals surface area (Å²) in [7, 11) is 1.98. The van der Waals surface area contributed by atoms with Crippen molar-refractivity contribution >= 4 is 21.6 Å². The summed E-state index contributed by atoms with van der Waals surface area (Å²) in [6.07, 6.45) is 1.94. The van der Waals surface area contributed by atoms with E-state index in [2.05, 4.69) is 71.7 Å². The molecule has 0 heterocycles. The number of hydrogen-bond donors (Lipinski definition) is 1. The second-order valence-electron chi connectivity index (χ2n) is 4.76. The third kappa shape index (κ3) is 3.59. The van der Waals surface area contributed by atoms with Gasteiger partial charge in [-0.25, -0.2) is 0 Å². The largest absolute Gasteiger partial charge is 0.364 e. The van der Waals surface area contributed by atoms with Gasteiger partial charge in [0.05, 0.1) is 5.69 Å². The highest BCUT2D eigenvalue weighted by molar-refractivity contribution is 9.10. The van der Waals surface area contributed by atoms with E-state index < -0.39 is 0 Å². The topological polar surface area (TPSA) is 15.3 Å². The Hall–Kier alpha value is -0.800. The van der Waals surface area contributed by atoms with Crippen molar-refractivity contribution in [2.75, 3.05) is 18.5 Å². The van der Waals surface area contributed by atoms with Crippen LogP contribution in [0.25, 0.3) is 0 Å². The lowest BCUT2D eigenvalue weighted by atomic mass is 10.1. The van der Waals surface area contributed by atoms with E-state index in [0.29, 0.717) is 12.1 Å². The first kappa shape index (κ1) is 15.3. The fourth-order valence-corrected chi connectivity index (χ4v) is 2.54. The van der Waals surface area contributed by atoms with Gasteiger partial charge in [0, 0.05) is 23.1 Å². The van der Waals surface area contributed by atoms with Gasteiger partial charge in [0.2, 0.25) is 0 Å². The van der Waals surface area contributed by atoms with Crippen molar-refractivity contribution in [1.82, 2.24) is 5.32 Å². The highest BCUT2D eigenvalue weighted by Crippen LogP contribution is 2.30. The lowest BCUT2D eigenvalue weighted by Gasteiger charge is -2.29. The smallest absolute Gasteiger partial charge is 0.0515 e. The van der Waals surface area contributed by atoms with Crippen LogP contribution < -0.4 is 10.2 Å². The first-order valence-corrected chi connectivity index (χ1v) is 7.14. The summed E-state index contributed by atoms with van der Waals surface area (Å²) in [4.78, 5) is 2.32. The van der Waals surface area contributed by atoms with Gasteiger partial charge in [0.15, 0.2) is 0 Å². The number of rotatable bonds is 6. The lowest BCUT2D eigenvalue weighted by molar-refractivity contribution is 0.651. The number of nitrogens with one attached hydrogen (secondary N) is 1. The van der Waals surface area contributed by atoms with Gasteiger partial charge in [-0.15, -0.1) is 6.58 Å². The van der Waals surface area contributed by atoms with Crippen LogP contribution in [0.1, 0.15) is 32.4 Å². The minimum Gasteiger partial charge on any atom is -0.364 e. The standard InChI is InChI=1S/C15H23BrN2/c1-6-9-18(11(2)3)15-8-7-13(10-14(15)16)12(4)17-5/h6-8,10-12,17H,1,9H2,2-5H3. The van der Waals surface area contributed by atoms with Crippen LogP contribution in [0.2, 0.25) is 0 Å². The van der Waals surface area contributed by atoms with Crippen LogP contribution in [-0.2, 0) is 0 Å². The molecule has 0 amide bonds. The molecule has 0 aliphatic carbocycles. The third-order valence-electron chi connectivity index (χ3n) is 3.16. The molecule has 3 heteroatoms. The number of nitrogens with zero attached hydrogens (tertiary/aromatic N) is 1. The monoisotopic (exact) mass is 310 g/mol. The molecule has 1 N–H and O–H groups in total. The average Bonchev–Trinajstić information content (AvgIpc) is 2.35. The van der Waals surface area contributed by atoms with Crippen LogP contribution in [-0.4, -0.2) is 19.6 Å². The van der Waals surface area contributed by atoms with Crippen molar-refractivity contribution in [2.24, 2.45) is 0 Å². The summed E-state index contributed by atoms with van der Waals surface area (Å²) in [5.74, 6) is 0. The maximum absolute atomic E-state index is 3.83. The first-order valence-electron chi connectivity index (χ1n) is 6.35. The molecular formula is C15H23BrN2. The Labute approximate surface area is 119 Å². The molecule has 0 saturated heterocycles. The summed E-state index contributed by atoms with van der Waals surface area (Å²) in [6.45, 7) is 11.2. The summed E-state index contributed by atoms with van der Waals surface area (Å²) in [5, 5.41) is 3.25. The minimum absolute atomic E-state index is 0.363. The van der Waals surface area contributed by atoms with Gasteiger partial charge in [-0.05, 0) is 61.4 Å². The van der Waals surface area contributed by atoms with Gasteiger partial charge in [-0.3, -0.25) is 0 Å². The minimum atomic E-state index is 0.363. The van der Waals surface area contributed by atoms with E-state index in [-0.39, 0.29) is 0 Å². The van der Waals surface area contributed by atoms with Crippen molar-refractivity contribution < 1.29 is 0 Å². The fraction of sp³-hybridized carbons (Fsp3) is 0.467. The quantitative estimate of drug-likeness (QED) is 0.795. The Kier molecular flexibility index (Phi) is 5.89. The SMILES string of the molecule is C=CCN(c1ccc(C(C)NC)cc1Br)C(C)C. The van der Waals surface area contributed by atoms with E-state index >= 15 is 0 Å². The summed E-state index contributed by atoms with van der Waals surface area (Å²) >= 11 is 3.68. The van der Waals surface area contributed by atoms with Crippen LogP contribution in [0.5, 0.6) is 0 Å². The normalized spacial score (nSPS) is 12.6. The van der Waals surface area contributed by atoms with Gasteiger partial charge in [-0.1, -0.05) is 12.1 Å². The highest BCUT2D eigenvalue weighted by atomic mass is 79.9. The van der Waals surface area contributed by atoms with E-state index in [9.17, 15) is 0 Å². The Morgan fingerprint density at radius 2 is 2.06 bits per heavy atom. The van der Waals surface area contributed by atoms with Crippen LogP contribution >= 0.6 is 15.9 Å². The van der Waals surface area contributed by atoms with Crippen LogP contribution in [0.3, 0.4) is 0 Å². The molecule has 0 radical (unpaired) electrons. The predicted octanol–water partition coefficient (Wildman–Crippen LogP) is 4.13. The molecule has 1 rings (SSSR count). The molecule has 2 nitrogen and oxygen atoms in total. The van der Waals surface area contributed by atoms with Gasteiger partial charge in [0.1, 0.15) is 0 Å². The van der Waals surface area contributed by atoms with Gasteiger partial charge in [0.25, 0.3) is 0 Å². The van der Waals surface area contributed by atoms with E-state index in [1.807, 2.05) is 13.1 Å². The zero-order valence-electron chi connectivity index (χ0n) is 11.7. The van der Waals surface area contributed by atoms with E-state index in [0.717, 1.165) is 11.0 Å². The highest BCUT2D eigenvalue weighted by Gasteiger charge is 2.13. The number of hydrogen-bond acceptors (Lipinski definition) is 2. The predicted molar refractivity (Wildman–Crippen MR) is 84.3 cm³/mol. The summed E-state index contributed by atoms with van der Waals surface area (Å²) in [6, 6.07) is 7.36. The molecule has 18 heavy (non-hydrogen) atoms. The molecule has 1 aromatic rings. The molecule has 100 valence electrons. The molecule has 0 aromatic heterocycles. The van der Waals surface area contributed by atoms with Crippen molar-refractivity contribution in [3.8, 4) is 0 Å². The average molecular weight is 311 g/mol. The second kappa shape index (κ2) is 6.95. The number of benzene rings is 1. The molecule has 1 aromatic carbocycles. The van der Waals surface area contributed by atoms with Crippen LogP contribution in [0, 0.1) is 0 Å². The Bertz CT molecular complexity index is 401. The molecule has 0 fully saturated rings. The van der Waals surface area contributed by atoms with E-state index in [1.165, 1.54) is 11.3 Å². The third-order valence-corrected chi connectivity index (χ3v) is 3.80. The maximum Gasteiger partial charge on any atom is 0.0515 e.